The summed E-state index contributed by atoms with van der Waals surface area (Å²) in [6.07, 6.45) is 0. The molecule has 0 saturated carbocycles. The number of aliphatic hydroxyl groups is 2. The van der Waals surface area contributed by atoms with E-state index in [0.29, 0.717) is 0 Å². The summed E-state index contributed by atoms with van der Waals surface area (Å²) in [5.74, 6) is 0. The van der Waals surface area contributed by atoms with Gasteiger partial charge in [-0.15, -0.1) is 9.81 Å². The van der Waals surface area contributed by atoms with Gasteiger partial charge in [0.15, 0.2) is 0 Å². The van der Waals surface area contributed by atoms with Gasteiger partial charge < -0.3 is 10.2 Å². The maximum Gasteiger partial charge on any atom is 0.277 e. The van der Waals surface area contributed by atoms with Gasteiger partial charge in [-0.3, -0.25) is 0 Å². The molecule has 0 bridgehead atoms. The summed E-state index contributed by atoms with van der Waals surface area (Å²) in [6, 6.07) is 0. The van der Waals surface area contributed by atoms with Crippen molar-refractivity contribution in [3.63, 3.8) is 0 Å². The van der Waals surface area contributed by atoms with E-state index in [9.17, 15) is 9.81 Å². The van der Waals surface area contributed by atoms with E-state index in [4.69, 9.17) is 10.2 Å². The maximum atomic E-state index is 9.66. The molecule has 6 heteroatoms. The largest absolute Gasteiger partial charge is 0.391 e. The van der Waals surface area contributed by atoms with Crippen molar-refractivity contribution in [1.82, 2.24) is 0 Å². The number of rotatable bonds is 4. The Labute approximate surface area is 50.4 Å². The molecular formula is C3H6N2O4. The van der Waals surface area contributed by atoms with Crippen LogP contribution in [0.5, 0.6) is 0 Å². The minimum absolute atomic E-state index is 0.865. The second-order valence-corrected chi connectivity index (χ2v) is 1.48. The van der Waals surface area contributed by atoms with Gasteiger partial charge in [-0.1, -0.05) is 0 Å². The van der Waals surface area contributed by atoms with E-state index in [1.165, 1.54) is 0 Å². The van der Waals surface area contributed by atoms with Crippen molar-refractivity contribution in [2.24, 2.45) is 10.4 Å². The molecule has 0 aliphatic heterocycles. The monoisotopic (exact) mass is 134 g/mol. The van der Waals surface area contributed by atoms with Gasteiger partial charge in [0.2, 0.25) is 0 Å². The van der Waals surface area contributed by atoms with E-state index in [1.54, 1.807) is 0 Å². The van der Waals surface area contributed by atoms with Crippen LogP contribution in [0, 0.1) is 9.81 Å². The average Bonchev–Trinajstić information content (AvgIpc) is 1.95. The van der Waals surface area contributed by atoms with Gasteiger partial charge in [-0.2, -0.15) is 0 Å². The van der Waals surface area contributed by atoms with Crippen molar-refractivity contribution in [1.29, 1.82) is 0 Å². The van der Waals surface area contributed by atoms with E-state index in [-0.39, 0.29) is 0 Å². The van der Waals surface area contributed by atoms with Gasteiger partial charge >= 0.3 is 0 Å². The summed E-state index contributed by atoms with van der Waals surface area (Å²) < 4.78 is 0. The lowest BCUT2D eigenvalue weighted by molar-refractivity contribution is 0.127. The first-order chi connectivity index (χ1) is 4.24. The SMILES string of the molecule is O=NC(CO)(CO)N=O. The molecule has 0 aromatic carbocycles. The molecule has 0 radical (unpaired) electrons. The molecule has 0 unspecified atom stereocenters. The fourth-order valence-corrected chi connectivity index (χ4v) is 0.182. The van der Waals surface area contributed by atoms with Crippen LogP contribution < -0.4 is 0 Å². The van der Waals surface area contributed by atoms with Crippen LogP contribution >= 0.6 is 0 Å². The number of hydrogen-bond acceptors (Lipinski definition) is 6. The minimum atomic E-state index is -2.08. The summed E-state index contributed by atoms with van der Waals surface area (Å²) in [6.45, 7) is -1.73. The van der Waals surface area contributed by atoms with Crippen molar-refractivity contribution in [3.05, 3.63) is 9.81 Å². The fraction of sp³-hybridized carbons (Fsp3) is 1.00. The molecule has 0 atom stereocenters. The van der Waals surface area contributed by atoms with Crippen molar-refractivity contribution in [3.8, 4) is 0 Å². The third-order valence-corrected chi connectivity index (χ3v) is 0.846. The topological polar surface area (TPSA) is 99.3 Å². The molecule has 0 aliphatic carbocycles. The first-order valence-corrected chi connectivity index (χ1v) is 2.15. The smallest absolute Gasteiger partial charge is 0.277 e. The number of nitrogens with zero attached hydrogens (tertiary/aromatic N) is 2. The molecule has 0 rings (SSSR count). The molecule has 6 nitrogen and oxygen atoms in total. The lowest BCUT2D eigenvalue weighted by Crippen LogP contribution is -2.31. The van der Waals surface area contributed by atoms with E-state index in [0.717, 1.165) is 0 Å². The molecular weight excluding hydrogens is 128 g/mol. The van der Waals surface area contributed by atoms with E-state index in [1.807, 2.05) is 0 Å². The van der Waals surface area contributed by atoms with Crippen molar-refractivity contribution < 1.29 is 10.2 Å². The summed E-state index contributed by atoms with van der Waals surface area (Å²) in [7, 11) is 0. The van der Waals surface area contributed by atoms with Crippen LogP contribution in [0.3, 0.4) is 0 Å². The Morgan fingerprint density at radius 3 is 1.44 bits per heavy atom. The predicted octanol–water partition coefficient (Wildman–Crippen LogP) is -0.800. The highest BCUT2D eigenvalue weighted by atomic mass is 16.3. The molecule has 0 spiro atoms. The zero-order valence-electron chi connectivity index (χ0n) is 4.52. The van der Waals surface area contributed by atoms with Crippen molar-refractivity contribution in [2.75, 3.05) is 13.2 Å². The van der Waals surface area contributed by atoms with E-state index < -0.39 is 18.9 Å². The average molecular weight is 134 g/mol. The first-order valence-electron chi connectivity index (χ1n) is 2.15. The predicted molar refractivity (Wildman–Crippen MR) is 28.5 cm³/mol. The molecule has 0 fully saturated rings. The third-order valence-electron chi connectivity index (χ3n) is 0.846. The number of aliphatic hydroxyl groups excluding tert-OH is 2. The van der Waals surface area contributed by atoms with Crippen LogP contribution in [-0.4, -0.2) is 29.1 Å². The molecule has 0 heterocycles. The molecule has 52 valence electrons. The Balaban J connectivity index is 4.15. The quantitative estimate of drug-likeness (QED) is 0.491. The highest BCUT2D eigenvalue weighted by molar-refractivity contribution is 4.82. The highest BCUT2D eigenvalue weighted by Gasteiger charge is 2.31. The molecule has 0 aliphatic rings. The molecule has 0 amide bonds. The normalized spacial score (nSPS) is 10.9. The second-order valence-electron chi connectivity index (χ2n) is 1.48. The fourth-order valence-electron chi connectivity index (χ4n) is 0.182. The summed E-state index contributed by atoms with van der Waals surface area (Å²) in [5.41, 5.74) is -2.08. The minimum Gasteiger partial charge on any atom is -0.391 e. The standard InChI is InChI=1S/C3H6N2O4/c6-1-3(2-7,4-8)5-9/h6-7H,1-2H2. The molecule has 0 saturated heterocycles. The van der Waals surface area contributed by atoms with Crippen LogP contribution in [0.4, 0.5) is 0 Å². The van der Waals surface area contributed by atoms with E-state index >= 15 is 0 Å². The van der Waals surface area contributed by atoms with E-state index in [2.05, 4.69) is 10.4 Å². The van der Waals surface area contributed by atoms with Crippen LogP contribution in [0.15, 0.2) is 10.4 Å². The summed E-state index contributed by atoms with van der Waals surface area (Å²) >= 11 is 0. The molecule has 0 aromatic heterocycles. The summed E-state index contributed by atoms with van der Waals surface area (Å²) in [5, 5.41) is 20.7. The Hall–Kier alpha value is -0.880. The lowest BCUT2D eigenvalue weighted by Gasteiger charge is -2.09. The lowest BCUT2D eigenvalue weighted by atomic mass is 10.2. The molecule has 0 aromatic rings. The van der Waals surface area contributed by atoms with Gasteiger partial charge in [-0.05, 0) is 10.4 Å². The van der Waals surface area contributed by atoms with Crippen LogP contribution in [0.25, 0.3) is 0 Å². The molecule has 9 heavy (non-hydrogen) atoms. The first kappa shape index (κ1) is 8.12. The zero-order chi connectivity index (χ0) is 7.33. The zero-order valence-corrected chi connectivity index (χ0v) is 4.52. The molecule has 2 N–H and O–H groups in total. The second kappa shape index (κ2) is 3.21. The van der Waals surface area contributed by atoms with Gasteiger partial charge in [0.05, 0.1) is 13.2 Å². The Morgan fingerprint density at radius 1 is 1.11 bits per heavy atom. The third kappa shape index (κ3) is 1.51. The van der Waals surface area contributed by atoms with Crippen molar-refractivity contribution >= 4 is 0 Å². The van der Waals surface area contributed by atoms with Gasteiger partial charge in [0.25, 0.3) is 5.66 Å². The Morgan fingerprint density at radius 2 is 1.44 bits per heavy atom. The van der Waals surface area contributed by atoms with Crippen LogP contribution in [0.2, 0.25) is 0 Å². The van der Waals surface area contributed by atoms with Gasteiger partial charge in [0.1, 0.15) is 0 Å². The highest BCUT2D eigenvalue weighted by Crippen LogP contribution is 2.08. The summed E-state index contributed by atoms with van der Waals surface area (Å²) in [4.78, 5) is 19.3. The van der Waals surface area contributed by atoms with Crippen molar-refractivity contribution in [2.45, 2.75) is 5.66 Å². The van der Waals surface area contributed by atoms with Gasteiger partial charge in [-0.25, -0.2) is 0 Å². The number of nitroso groups, excluding NO2 is 2. The van der Waals surface area contributed by atoms with Crippen LogP contribution in [0.1, 0.15) is 0 Å². The maximum absolute atomic E-state index is 9.66. The number of hydrogen-bond donors (Lipinski definition) is 2. The van der Waals surface area contributed by atoms with Crippen LogP contribution in [-0.2, 0) is 0 Å². The van der Waals surface area contributed by atoms with Gasteiger partial charge in [0, 0.05) is 0 Å². The Bertz CT molecular complexity index is 100. The Kier molecular flexibility index (Phi) is 2.89.